The van der Waals surface area contributed by atoms with Crippen molar-refractivity contribution in [3.63, 3.8) is 0 Å². The summed E-state index contributed by atoms with van der Waals surface area (Å²) in [6, 6.07) is 11.6. The number of nitrogens with zero attached hydrogens (tertiary/aromatic N) is 1. The number of rotatable bonds is 8. The van der Waals surface area contributed by atoms with Crippen molar-refractivity contribution in [2.24, 2.45) is 5.92 Å². The van der Waals surface area contributed by atoms with Crippen LogP contribution < -0.4 is 15.4 Å². The Bertz CT molecular complexity index is 695. The lowest BCUT2D eigenvalue weighted by Crippen LogP contribution is -2.35. The van der Waals surface area contributed by atoms with E-state index in [-0.39, 0.29) is 12.1 Å². The largest absolute Gasteiger partial charge is 0.492 e. The van der Waals surface area contributed by atoms with Crippen LogP contribution in [0.3, 0.4) is 0 Å². The average molecular weight is 388 g/mol. The smallest absolute Gasteiger partial charge is 0.319 e. The maximum Gasteiger partial charge on any atom is 0.319 e. The molecule has 3 rings (SSSR count). The molecule has 2 N–H and O–H groups in total. The molecule has 2 aromatic rings. The SMILES string of the molecule is CN(C)CCOc1ccc(NC(=O)N[C@@H](c2cccs2)C2CCCC2)cc1. The van der Waals surface area contributed by atoms with Crippen molar-refractivity contribution in [3.05, 3.63) is 46.7 Å². The Labute approximate surface area is 165 Å². The summed E-state index contributed by atoms with van der Waals surface area (Å²) in [6.45, 7) is 1.51. The van der Waals surface area contributed by atoms with Crippen LogP contribution in [0.1, 0.15) is 36.6 Å². The van der Waals surface area contributed by atoms with Gasteiger partial charge < -0.3 is 20.3 Å². The zero-order chi connectivity index (χ0) is 19.1. The van der Waals surface area contributed by atoms with E-state index in [1.165, 1.54) is 30.6 Å². The van der Waals surface area contributed by atoms with E-state index in [1.807, 2.05) is 38.4 Å². The maximum absolute atomic E-state index is 12.6. The summed E-state index contributed by atoms with van der Waals surface area (Å²) in [5, 5.41) is 8.22. The van der Waals surface area contributed by atoms with E-state index >= 15 is 0 Å². The molecule has 146 valence electrons. The molecular weight excluding hydrogens is 358 g/mol. The normalized spacial score (nSPS) is 15.7. The van der Waals surface area contributed by atoms with Gasteiger partial charge in [0.1, 0.15) is 12.4 Å². The van der Waals surface area contributed by atoms with Gasteiger partial charge in [0.25, 0.3) is 0 Å². The lowest BCUT2D eigenvalue weighted by Gasteiger charge is -2.24. The molecule has 0 aliphatic heterocycles. The number of carbonyl (C=O) groups excluding carboxylic acids is 1. The minimum Gasteiger partial charge on any atom is -0.492 e. The molecule has 6 heteroatoms. The zero-order valence-corrected chi connectivity index (χ0v) is 16.9. The van der Waals surface area contributed by atoms with Crippen LogP contribution in [-0.2, 0) is 0 Å². The molecule has 1 aliphatic rings. The van der Waals surface area contributed by atoms with Crippen LogP contribution in [0, 0.1) is 5.92 Å². The first-order chi connectivity index (χ1) is 13.1. The Balaban J connectivity index is 1.54. The van der Waals surface area contributed by atoms with Crippen molar-refractivity contribution in [1.82, 2.24) is 10.2 Å². The van der Waals surface area contributed by atoms with Gasteiger partial charge in [0.15, 0.2) is 0 Å². The number of nitrogens with one attached hydrogen (secondary N) is 2. The molecule has 1 aliphatic carbocycles. The zero-order valence-electron chi connectivity index (χ0n) is 16.1. The number of likely N-dealkylation sites (N-methyl/N-ethyl adjacent to an activating group) is 1. The second kappa shape index (κ2) is 9.76. The Kier molecular flexibility index (Phi) is 7.12. The Morgan fingerprint density at radius 1 is 1.22 bits per heavy atom. The molecule has 0 spiro atoms. The van der Waals surface area contributed by atoms with E-state index < -0.39 is 0 Å². The highest BCUT2D eigenvalue weighted by atomic mass is 32.1. The fraction of sp³-hybridized carbons (Fsp3) is 0.476. The van der Waals surface area contributed by atoms with Crippen LogP contribution in [-0.4, -0.2) is 38.2 Å². The van der Waals surface area contributed by atoms with Crippen LogP contribution >= 0.6 is 11.3 Å². The third kappa shape index (κ3) is 5.97. The number of ether oxygens (including phenoxy) is 1. The van der Waals surface area contributed by atoms with Gasteiger partial charge in [-0.2, -0.15) is 0 Å². The quantitative estimate of drug-likeness (QED) is 0.688. The summed E-state index contributed by atoms with van der Waals surface area (Å²) in [6.07, 6.45) is 4.87. The van der Waals surface area contributed by atoms with Crippen molar-refractivity contribution < 1.29 is 9.53 Å². The highest BCUT2D eigenvalue weighted by Crippen LogP contribution is 2.37. The highest BCUT2D eigenvalue weighted by Gasteiger charge is 2.28. The highest BCUT2D eigenvalue weighted by molar-refractivity contribution is 7.10. The minimum absolute atomic E-state index is 0.0983. The van der Waals surface area contributed by atoms with Gasteiger partial charge in [0.05, 0.1) is 6.04 Å². The minimum atomic E-state index is -0.151. The van der Waals surface area contributed by atoms with Gasteiger partial charge >= 0.3 is 6.03 Å². The third-order valence-electron chi connectivity index (χ3n) is 4.93. The summed E-state index contributed by atoms with van der Waals surface area (Å²) in [7, 11) is 4.04. The number of amides is 2. The first kappa shape index (κ1) is 19.7. The molecule has 1 saturated carbocycles. The summed E-state index contributed by atoms with van der Waals surface area (Å²) in [5.41, 5.74) is 0.767. The standard InChI is InChI=1S/C21H29N3O2S/c1-24(2)13-14-26-18-11-9-17(10-12-18)22-21(25)23-20(16-6-3-4-7-16)19-8-5-15-27-19/h5,8-12,15-16,20H,3-4,6-7,13-14H2,1-2H3,(H2,22,23,25)/t20-/m1/s1. The molecule has 27 heavy (non-hydrogen) atoms. The fourth-order valence-corrected chi connectivity index (χ4v) is 4.34. The Morgan fingerprint density at radius 2 is 1.96 bits per heavy atom. The van der Waals surface area contributed by atoms with E-state index in [2.05, 4.69) is 33.0 Å². The summed E-state index contributed by atoms with van der Waals surface area (Å²) >= 11 is 1.72. The number of hydrogen-bond donors (Lipinski definition) is 2. The van der Waals surface area contributed by atoms with Crippen LogP contribution in [0.2, 0.25) is 0 Å². The van der Waals surface area contributed by atoms with Gasteiger partial charge in [-0.15, -0.1) is 11.3 Å². The van der Waals surface area contributed by atoms with Gasteiger partial charge in [-0.3, -0.25) is 0 Å². The number of urea groups is 1. The van der Waals surface area contributed by atoms with Crippen LogP contribution in [0.4, 0.5) is 10.5 Å². The molecule has 0 radical (unpaired) electrons. The summed E-state index contributed by atoms with van der Waals surface area (Å²) < 4.78 is 5.69. The average Bonchev–Trinajstić information content (AvgIpc) is 3.35. The monoisotopic (exact) mass is 387 g/mol. The Hall–Kier alpha value is -2.05. The van der Waals surface area contributed by atoms with E-state index in [9.17, 15) is 4.79 Å². The van der Waals surface area contributed by atoms with E-state index in [0.29, 0.717) is 12.5 Å². The first-order valence-corrected chi connectivity index (χ1v) is 10.5. The number of hydrogen-bond acceptors (Lipinski definition) is 4. The molecule has 1 fully saturated rings. The van der Waals surface area contributed by atoms with Crippen molar-refractivity contribution in [3.8, 4) is 5.75 Å². The van der Waals surface area contributed by atoms with Crippen LogP contribution in [0.5, 0.6) is 5.75 Å². The third-order valence-corrected chi connectivity index (χ3v) is 5.88. The summed E-state index contributed by atoms with van der Waals surface area (Å²) in [5.74, 6) is 1.34. The van der Waals surface area contributed by atoms with Gasteiger partial charge in [-0.1, -0.05) is 18.9 Å². The second-order valence-electron chi connectivity index (χ2n) is 7.31. The predicted molar refractivity (Wildman–Crippen MR) is 112 cm³/mol. The molecule has 0 unspecified atom stereocenters. The molecule has 1 aromatic carbocycles. The topological polar surface area (TPSA) is 53.6 Å². The van der Waals surface area contributed by atoms with Crippen molar-refractivity contribution >= 4 is 23.1 Å². The number of thiophene rings is 1. The molecule has 1 aromatic heterocycles. The molecule has 2 amide bonds. The molecular formula is C21H29N3O2S. The molecule has 1 atom stereocenters. The lowest BCUT2D eigenvalue weighted by molar-refractivity contribution is 0.243. The van der Waals surface area contributed by atoms with Gasteiger partial charge in [-0.05, 0) is 68.6 Å². The molecule has 0 saturated heterocycles. The second-order valence-corrected chi connectivity index (χ2v) is 8.29. The van der Waals surface area contributed by atoms with Crippen LogP contribution in [0.25, 0.3) is 0 Å². The van der Waals surface area contributed by atoms with Crippen molar-refractivity contribution in [2.75, 3.05) is 32.6 Å². The van der Waals surface area contributed by atoms with Crippen molar-refractivity contribution in [1.29, 1.82) is 0 Å². The lowest BCUT2D eigenvalue weighted by atomic mass is 9.97. The van der Waals surface area contributed by atoms with E-state index in [1.54, 1.807) is 11.3 Å². The van der Waals surface area contributed by atoms with Crippen LogP contribution in [0.15, 0.2) is 41.8 Å². The fourth-order valence-electron chi connectivity index (χ4n) is 3.47. The first-order valence-electron chi connectivity index (χ1n) is 9.60. The van der Waals surface area contributed by atoms with Gasteiger partial charge in [-0.25, -0.2) is 4.79 Å². The van der Waals surface area contributed by atoms with Crippen molar-refractivity contribution in [2.45, 2.75) is 31.7 Å². The molecule has 0 bridgehead atoms. The molecule has 5 nitrogen and oxygen atoms in total. The predicted octanol–water partition coefficient (Wildman–Crippen LogP) is 4.74. The maximum atomic E-state index is 12.6. The van der Waals surface area contributed by atoms with E-state index in [4.69, 9.17) is 4.74 Å². The molecule has 1 heterocycles. The number of carbonyl (C=O) groups is 1. The summed E-state index contributed by atoms with van der Waals surface area (Å²) in [4.78, 5) is 15.9. The number of anilines is 1. The van der Waals surface area contributed by atoms with E-state index in [0.717, 1.165) is 18.0 Å². The Morgan fingerprint density at radius 3 is 2.59 bits per heavy atom. The number of benzene rings is 1. The van der Waals surface area contributed by atoms with Gasteiger partial charge in [0.2, 0.25) is 0 Å². The van der Waals surface area contributed by atoms with Gasteiger partial charge in [0, 0.05) is 17.1 Å².